The summed E-state index contributed by atoms with van der Waals surface area (Å²) in [5, 5.41) is 0. The van der Waals surface area contributed by atoms with E-state index in [1.165, 1.54) is 51.4 Å². The number of ether oxygens (including phenoxy) is 3. The first-order valence-electron chi connectivity index (χ1n) is 31.6. The minimum atomic E-state index is -0.824. The van der Waals surface area contributed by atoms with Gasteiger partial charge in [0.05, 0.1) is 0 Å². The predicted octanol–water partition coefficient (Wildman–Crippen LogP) is 21.9. The average Bonchev–Trinajstić information content (AvgIpc) is 3.45. The van der Waals surface area contributed by atoms with Crippen LogP contribution >= 0.6 is 0 Å². The van der Waals surface area contributed by atoms with E-state index >= 15 is 0 Å². The van der Waals surface area contributed by atoms with Crippen molar-refractivity contribution in [1.29, 1.82) is 0 Å². The van der Waals surface area contributed by atoms with Crippen LogP contribution in [0.2, 0.25) is 0 Å². The van der Waals surface area contributed by atoms with Crippen molar-refractivity contribution in [2.75, 3.05) is 13.2 Å². The monoisotopic (exact) mass is 1090 g/mol. The fourth-order valence-electron chi connectivity index (χ4n) is 8.07. The molecule has 0 aromatic heterocycles. The van der Waals surface area contributed by atoms with Gasteiger partial charge < -0.3 is 14.2 Å². The topological polar surface area (TPSA) is 78.9 Å². The zero-order valence-corrected chi connectivity index (χ0v) is 50.6. The van der Waals surface area contributed by atoms with E-state index in [0.29, 0.717) is 19.3 Å². The Morgan fingerprint density at radius 2 is 0.456 bits per heavy atom. The van der Waals surface area contributed by atoms with Crippen LogP contribution in [-0.2, 0) is 28.6 Å². The Hall–Kier alpha value is -5.23. The molecule has 1 atom stereocenters. The Morgan fingerprint density at radius 1 is 0.253 bits per heavy atom. The third-order valence-electron chi connectivity index (χ3n) is 12.7. The van der Waals surface area contributed by atoms with Crippen molar-refractivity contribution in [2.45, 2.75) is 258 Å². The van der Waals surface area contributed by atoms with Crippen LogP contribution in [0.3, 0.4) is 0 Å². The van der Waals surface area contributed by atoms with Crippen LogP contribution in [0, 0.1) is 0 Å². The molecule has 0 heterocycles. The van der Waals surface area contributed by atoms with Crippen molar-refractivity contribution in [3.63, 3.8) is 0 Å². The molecule has 0 aliphatic carbocycles. The summed E-state index contributed by atoms with van der Waals surface area (Å²) in [6, 6.07) is 0. The van der Waals surface area contributed by atoms with Gasteiger partial charge in [0.2, 0.25) is 0 Å². The lowest BCUT2D eigenvalue weighted by Gasteiger charge is -2.18. The third kappa shape index (κ3) is 63.5. The van der Waals surface area contributed by atoms with Gasteiger partial charge in [0.25, 0.3) is 0 Å². The van der Waals surface area contributed by atoms with Crippen molar-refractivity contribution in [3.05, 3.63) is 170 Å². The summed E-state index contributed by atoms with van der Waals surface area (Å²) in [6.07, 6.45) is 96.4. The first-order valence-corrected chi connectivity index (χ1v) is 31.6. The molecule has 0 aromatic carbocycles. The molecule has 0 aromatic rings. The van der Waals surface area contributed by atoms with E-state index in [1.54, 1.807) is 0 Å². The smallest absolute Gasteiger partial charge is 0.306 e. The van der Waals surface area contributed by atoms with Crippen LogP contribution in [0.5, 0.6) is 0 Å². The lowest BCUT2D eigenvalue weighted by molar-refractivity contribution is -0.167. The van der Waals surface area contributed by atoms with Crippen molar-refractivity contribution in [3.8, 4) is 0 Å². The number of esters is 3. The van der Waals surface area contributed by atoms with E-state index in [0.717, 1.165) is 154 Å². The molecule has 0 bridgehead atoms. The van der Waals surface area contributed by atoms with Gasteiger partial charge >= 0.3 is 17.9 Å². The van der Waals surface area contributed by atoms with E-state index in [2.05, 4.69) is 191 Å². The molecule has 442 valence electrons. The second-order valence-corrected chi connectivity index (χ2v) is 20.2. The second kappa shape index (κ2) is 65.3. The molecule has 1 unspecified atom stereocenters. The lowest BCUT2D eigenvalue weighted by atomic mass is 10.1. The highest BCUT2D eigenvalue weighted by Crippen LogP contribution is 2.14. The maximum atomic E-state index is 12.9. The van der Waals surface area contributed by atoms with E-state index in [9.17, 15) is 14.4 Å². The maximum Gasteiger partial charge on any atom is 0.306 e. The van der Waals surface area contributed by atoms with Crippen molar-refractivity contribution in [1.82, 2.24) is 0 Å². The Bertz CT molecular complexity index is 1820. The van der Waals surface area contributed by atoms with E-state index in [1.807, 2.05) is 0 Å². The fourth-order valence-corrected chi connectivity index (χ4v) is 8.07. The first kappa shape index (κ1) is 73.8. The molecule has 6 nitrogen and oxygen atoms in total. The number of hydrogen-bond donors (Lipinski definition) is 0. The molecule has 79 heavy (non-hydrogen) atoms. The molecule has 0 radical (unpaired) electrons. The van der Waals surface area contributed by atoms with Crippen molar-refractivity contribution in [2.24, 2.45) is 0 Å². The first-order chi connectivity index (χ1) is 39.0. The lowest BCUT2D eigenvalue weighted by Crippen LogP contribution is -2.30. The zero-order valence-electron chi connectivity index (χ0n) is 50.6. The second-order valence-electron chi connectivity index (χ2n) is 20.2. The number of hydrogen-bond acceptors (Lipinski definition) is 6. The van der Waals surface area contributed by atoms with Crippen LogP contribution < -0.4 is 0 Å². The fraction of sp³-hybridized carbons (Fsp3) is 0.575. The Morgan fingerprint density at radius 3 is 0.734 bits per heavy atom. The molecule has 0 fully saturated rings. The van der Waals surface area contributed by atoms with Gasteiger partial charge in [0.15, 0.2) is 6.10 Å². The van der Waals surface area contributed by atoms with Crippen LogP contribution in [0.1, 0.15) is 252 Å². The van der Waals surface area contributed by atoms with E-state index in [4.69, 9.17) is 14.2 Å². The van der Waals surface area contributed by atoms with Gasteiger partial charge in [-0.15, -0.1) is 0 Å². The molecule has 0 saturated heterocycles. The summed E-state index contributed by atoms with van der Waals surface area (Å²) >= 11 is 0. The van der Waals surface area contributed by atoms with Crippen LogP contribution in [0.15, 0.2) is 170 Å². The van der Waals surface area contributed by atoms with E-state index in [-0.39, 0.29) is 37.5 Å². The number of carbonyl (C=O) groups excluding carboxylic acids is 3. The molecular formula is C73H114O6. The summed E-state index contributed by atoms with van der Waals surface area (Å²) in [5.41, 5.74) is 0. The van der Waals surface area contributed by atoms with Gasteiger partial charge in [-0.25, -0.2) is 0 Å². The van der Waals surface area contributed by atoms with Crippen molar-refractivity contribution < 1.29 is 28.6 Å². The highest BCUT2D eigenvalue weighted by molar-refractivity contribution is 5.71. The van der Waals surface area contributed by atoms with Crippen LogP contribution in [0.25, 0.3) is 0 Å². The SMILES string of the molecule is CC/C=C\C/C=C\C/C=C\C/C=C\C/C=C\C/C=C\CCCCC(=O)OC(COC(=O)CCCCCC/C=C\C/C=C\C/C=C\C/C=C\CC)COC(=O)CCCCCCCCCCCC/C=C\C/C=C\C/C=C\C/C=C\CC. The largest absolute Gasteiger partial charge is 0.462 e. The van der Waals surface area contributed by atoms with E-state index < -0.39 is 6.10 Å². The predicted molar refractivity (Wildman–Crippen MR) is 343 cm³/mol. The molecule has 0 amide bonds. The normalized spacial score (nSPS) is 13.3. The summed E-state index contributed by atoms with van der Waals surface area (Å²) in [5.74, 6) is -0.991. The molecular weight excluding hydrogens is 973 g/mol. The standard InChI is InChI=1S/C73H114O6/c1-4-7-10-13-16-19-22-25-28-31-33-35-36-38-39-42-45-48-51-54-57-60-63-66-72(75)78-69-70(68-77-71(74)65-62-59-56-53-50-47-44-41-30-27-24-21-18-15-12-9-6-3)79-73(76)67-64-61-58-55-52-49-46-43-40-37-34-32-29-26-23-20-17-14-11-8-5-2/h7-12,16-21,25-30,33-35,37,43-44,46-47,52,55,70H,4-6,13-15,22-24,31-32,36,38-42,45,48-51,53-54,56-69H2,1-3H3/b10-7-,11-8-,12-9-,19-16-,20-17-,21-18-,28-25-,29-26-,30-27-,35-33-,37-34-,46-43-,47-44-,55-52-. The Labute approximate surface area is 485 Å². The van der Waals surface area contributed by atoms with Gasteiger partial charge in [0, 0.05) is 19.3 Å². The number of carbonyl (C=O) groups is 3. The highest BCUT2D eigenvalue weighted by atomic mass is 16.6. The van der Waals surface area contributed by atoms with Gasteiger partial charge in [-0.1, -0.05) is 255 Å². The van der Waals surface area contributed by atoms with Gasteiger partial charge in [-0.2, -0.15) is 0 Å². The summed E-state index contributed by atoms with van der Waals surface area (Å²) in [7, 11) is 0. The molecule has 0 aliphatic rings. The van der Waals surface area contributed by atoms with Crippen LogP contribution in [0.4, 0.5) is 0 Å². The molecule has 0 saturated carbocycles. The van der Waals surface area contributed by atoms with Gasteiger partial charge in [-0.05, 0) is 148 Å². The summed E-state index contributed by atoms with van der Waals surface area (Å²) in [6.45, 7) is 6.24. The maximum absolute atomic E-state index is 12.9. The molecule has 0 N–H and O–H groups in total. The number of rotatable bonds is 55. The molecule has 0 aliphatic heterocycles. The Balaban J connectivity index is 4.53. The van der Waals surface area contributed by atoms with Crippen LogP contribution in [-0.4, -0.2) is 37.2 Å². The van der Waals surface area contributed by atoms with Gasteiger partial charge in [-0.3, -0.25) is 14.4 Å². The molecule has 0 rings (SSSR count). The minimum Gasteiger partial charge on any atom is -0.462 e. The number of allylic oxidation sites excluding steroid dienone is 28. The third-order valence-corrected chi connectivity index (χ3v) is 12.7. The quantitative estimate of drug-likeness (QED) is 0.0261. The zero-order chi connectivity index (χ0) is 57.1. The molecule has 6 heteroatoms. The number of unbranched alkanes of at least 4 members (excludes halogenated alkanes) is 16. The average molecular weight is 1090 g/mol. The highest BCUT2D eigenvalue weighted by Gasteiger charge is 2.19. The summed E-state index contributed by atoms with van der Waals surface area (Å²) in [4.78, 5) is 38.3. The van der Waals surface area contributed by atoms with Gasteiger partial charge in [0.1, 0.15) is 13.2 Å². The Kier molecular flexibility index (Phi) is 61.0. The minimum absolute atomic E-state index is 0.114. The van der Waals surface area contributed by atoms with Crippen molar-refractivity contribution >= 4 is 17.9 Å². The summed E-state index contributed by atoms with van der Waals surface area (Å²) < 4.78 is 16.9. The molecule has 0 spiro atoms.